The van der Waals surface area contributed by atoms with Crippen LogP contribution in [0.15, 0.2) is 4.99 Å². The lowest BCUT2D eigenvalue weighted by Gasteiger charge is -2.24. The van der Waals surface area contributed by atoms with E-state index >= 15 is 0 Å². The van der Waals surface area contributed by atoms with Gasteiger partial charge in [0.15, 0.2) is 5.96 Å². The minimum absolute atomic E-state index is 0.0128. The van der Waals surface area contributed by atoms with E-state index in [0.29, 0.717) is 31.8 Å². The molecule has 9 nitrogen and oxygen atoms in total. The van der Waals surface area contributed by atoms with Crippen LogP contribution in [0.4, 0.5) is 0 Å². The zero-order valence-corrected chi connectivity index (χ0v) is 15.9. The summed E-state index contributed by atoms with van der Waals surface area (Å²) in [4.78, 5) is 28.4. The number of amides is 2. The standard InChI is InChI=1S/C16H32BN5O4/c1-10(2)9-13(17(25)26)22-15(24)12(21-14(23)11-6-7-11)5-4-8-20-16(18)19-3/h10-13,25-26H,4-9H2,1-3H3,(H,21,23)(H,22,24)(H3,18,19,20)/t12-,13-/m0/s1. The second kappa shape index (κ2) is 11.0. The fraction of sp³-hybridized carbons (Fsp3) is 0.812. The molecule has 0 heterocycles. The molecule has 148 valence electrons. The number of hydrogen-bond acceptors (Lipinski definition) is 5. The van der Waals surface area contributed by atoms with Crippen LogP contribution in [0.2, 0.25) is 0 Å². The highest BCUT2D eigenvalue weighted by Crippen LogP contribution is 2.29. The predicted octanol–water partition coefficient (Wildman–Crippen LogP) is -1.26. The molecule has 0 aromatic heterocycles. The van der Waals surface area contributed by atoms with Crippen molar-refractivity contribution in [2.24, 2.45) is 22.6 Å². The second-order valence-corrected chi connectivity index (χ2v) is 7.17. The van der Waals surface area contributed by atoms with Gasteiger partial charge in [0, 0.05) is 19.5 Å². The normalized spacial score (nSPS) is 16.8. The van der Waals surface area contributed by atoms with Gasteiger partial charge < -0.3 is 31.7 Å². The summed E-state index contributed by atoms with van der Waals surface area (Å²) >= 11 is 0. The summed E-state index contributed by atoms with van der Waals surface area (Å²) in [5, 5.41) is 27.3. The van der Waals surface area contributed by atoms with E-state index in [-0.39, 0.29) is 17.7 Å². The van der Waals surface area contributed by atoms with Gasteiger partial charge in [0.1, 0.15) is 6.04 Å². The minimum atomic E-state index is -1.65. The molecule has 0 spiro atoms. The van der Waals surface area contributed by atoms with Crippen LogP contribution in [-0.4, -0.2) is 60.5 Å². The molecule has 7 N–H and O–H groups in total. The summed E-state index contributed by atoms with van der Waals surface area (Å²) in [5.41, 5.74) is 5.56. The van der Waals surface area contributed by atoms with E-state index in [0.717, 1.165) is 12.8 Å². The molecule has 26 heavy (non-hydrogen) atoms. The molecule has 0 unspecified atom stereocenters. The van der Waals surface area contributed by atoms with Gasteiger partial charge in [-0.3, -0.25) is 14.6 Å². The average molecular weight is 369 g/mol. The number of aliphatic imine (C=N–C) groups is 1. The van der Waals surface area contributed by atoms with E-state index in [4.69, 9.17) is 5.73 Å². The largest absolute Gasteiger partial charge is 0.475 e. The van der Waals surface area contributed by atoms with E-state index in [2.05, 4.69) is 20.9 Å². The Bertz CT molecular complexity index is 497. The number of nitrogens with one attached hydrogen (secondary N) is 3. The van der Waals surface area contributed by atoms with Crippen molar-refractivity contribution < 1.29 is 19.6 Å². The van der Waals surface area contributed by atoms with Crippen molar-refractivity contribution in [2.75, 3.05) is 13.6 Å². The third-order valence-corrected chi connectivity index (χ3v) is 4.21. The Morgan fingerprint density at radius 2 is 1.92 bits per heavy atom. The van der Waals surface area contributed by atoms with Gasteiger partial charge >= 0.3 is 7.12 Å². The lowest BCUT2D eigenvalue weighted by molar-refractivity contribution is -0.130. The van der Waals surface area contributed by atoms with Crippen molar-refractivity contribution in [3.8, 4) is 0 Å². The van der Waals surface area contributed by atoms with Gasteiger partial charge in [-0.25, -0.2) is 0 Å². The number of hydrogen-bond donors (Lipinski definition) is 6. The lowest BCUT2D eigenvalue weighted by atomic mass is 9.75. The Balaban J connectivity index is 2.62. The molecule has 0 saturated heterocycles. The molecule has 0 radical (unpaired) electrons. The van der Waals surface area contributed by atoms with Gasteiger partial charge in [0.05, 0.1) is 5.94 Å². The third kappa shape index (κ3) is 8.53. The predicted molar refractivity (Wildman–Crippen MR) is 101 cm³/mol. The van der Waals surface area contributed by atoms with E-state index < -0.39 is 25.0 Å². The number of nitrogens with two attached hydrogens (primary N) is 1. The maximum absolute atomic E-state index is 12.6. The maximum atomic E-state index is 12.6. The van der Waals surface area contributed by atoms with Crippen molar-refractivity contribution in [1.82, 2.24) is 16.0 Å². The quantitative estimate of drug-likeness (QED) is 0.116. The average Bonchev–Trinajstić information content (AvgIpc) is 3.40. The van der Waals surface area contributed by atoms with Crippen LogP contribution in [-0.2, 0) is 9.59 Å². The molecule has 0 aliphatic heterocycles. The molecule has 10 heteroatoms. The lowest BCUT2D eigenvalue weighted by Crippen LogP contribution is -2.54. The summed E-state index contributed by atoms with van der Waals surface area (Å²) in [6, 6.07) is -0.724. The van der Waals surface area contributed by atoms with Crippen LogP contribution < -0.4 is 21.7 Å². The van der Waals surface area contributed by atoms with Gasteiger partial charge in [-0.2, -0.15) is 0 Å². The monoisotopic (exact) mass is 369 g/mol. The molecule has 1 aliphatic rings. The summed E-state index contributed by atoms with van der Waals surface area (Å²) in [7, 11) is -0.0767. The summed E-state index contributed by atoms with van der Waals surface area (Å²) < 4.78 is 0. The molecular weight excluding hydrogens is 337 g/mol. The topological polar surface area (TPSA) is 149 Å². The van der Waals surface area contributed by atoms with Crippen molar-refractivity contribution in [1.29, 1.82) is 0 Å². The van der Waals surface area contributed by atoms with Gasteiger partial charge in [0.2, 0.25) is 11.8 Å². The van der Waals surface area contributed by atoms with Crippen LogP contribution in [0.5, 0.6) is 0 Å². The van der Waals surface area contributed by atoms with Crippen molar-refractivity contribution >= 4 is 24.9 Å². The fourth-order valence-corrected chi connectivity index (χ4v) is 2.55. The van der Waals surface area contributed by atoms with Gasteiger partial charge in [-0.15, -0.1) is 0 Å². The highest BCUT2D eigenvalue weighted by Gasteiger charge is 2.34. The Hall–Kier alpha value is -1.81. The third-order valence-electron chi connectivity index (χ3n) is 4.21. The molecule has 1 rings (SSSR count). The first kappa shape index (κ1) is 22.2. The van der Waals surface area contributed by atoms with E-state index in [9.17, 15) is 19.6 Å². The van der Waals surface area contributed by atoms with E-state index in [1.54, 1.807) is 7.05 Å². The highest BCUT2D eigenvalue weighted by atomic mass is 16.4. The highest BCUT2D eigenvalue weighted by molar-refractivity contribution is 6.43. The van der Waals surface area contributed by atoms with Crippen LogP contribution >= 0.6 is 0 Å². The van der Waals surface area contributed by atoms with Gasteiger partial charge in [-0.1, -0.05) is 13.8 Å². The minimum Gasteiger partial charge on any atom is -0.426 e. The second-order valence-electron chi connectivity index (χ2n) is 7.17. The smallest absolute Gasteiger partial charge is 0.426 e. The molecule has 0 aromatic carbocycles. The SMILES string of the molecule is CN=C(N)NCCC[C@H](NC(=O)C1CC1)C(=O)N[C@@H](CC(C)C)B(O)O. The Morgan fingerprint density at radius 3 is 2.42 bits per heavy atom. The number of rotatable bonds is 11. The van der Waals surface area contributed by atoms with Crippen LogP contribution in [0.25, 0.3) is 0 Å². The Labute approximate surface area is 155 Å². The zero-order valence-electron chi connectivity index (χ0n) is 15.9. The van der Waals surface area contributed by atoms with Crippen molar-refractivity contribution in [3.05, 3.63) is 0 Å². The first-order chi connectivity index (χ1) is 12.2. The van der Waals surface area contributed by atoms with Crippen LogP contribution in [0, 0.1) is 11.8 Å². The molecule has 0 aromatic rings. The molecule has 1 fully saturated rings. The number of nitrogens with zero attached hydrogens (tertiary/aromatic N) is 1. The molecule has 2 amide bonds. The number of carbonyl (C=O) groups is 2. The van der Waals surface area contributed by atoms with E-state index in [1.807, 2.05) is 13.8 Å². The zero-order chi connectivity index (χ0) is 19.7. The number of guanidine groups is 1. The molecule has 1 aliphatic carbocycles. The molecule has 2 atom stereocenters. The van der Waals surface area contributed by atoms with Crippen molar-refractivity contribution in [3.63, 3.8) is 0 Å². The van der Waals surface area contributed by atoms with Gasteiger partial charge in [0.25, 0.3) is 0 Å². The summed E-state index contributed by atoms with van der Waals surface area (Å²) in [6.45, 7) is 4.38. The first-order valence-electron chi connectivity index (χ1n) is 9.17. The summed E-state index contributed by atoms with van der Waals surface area (Å²) in [6.07, 6.45) is 3.12. The molecule has 0 bridgehead atoms. The fourth-order valence-electron chi connectivity index (χ4n) is 2.55. The van der Waals surface area contributed by atoms with Gasteiger partial charge in [-0.05, 0) is 38.0 Å². The Morgan fingerprint density at radius 1 is 1.27 bits per heavy atom. The summed E-state index contributed by atoms with van der Waals surface area (Å²) in [5.74, 6) is -0.826. The van der Waals surface area contributed by atoms with Crippen LogP contribution in [0.3, 0.4) is 0 Å². The first-order valence-corrected chi connectivity index (χ1v) is 9.17. The molecular formula is C16H32BN5O4. The molecule has 1 saturated carbocycles. The Kier molecular flexibility index (Phi) is 9.43. The van der Waals surface area contributed by atoms with E-state index in [1.165, 1.54) is 0 Å². The van der Waals surface area contributed by atoms with Crippen LogP contribution in [0.1, 0.15) is 46.0 Å². The van der Waals surface area contributed by atoms with Crippen molar-refractivity contribution in [2.45, 2.75) is 57.9 Å². The maximum Gasteiger partial charge on any atom is 0.475 e. The number of carbonyl (C=O) groups excluding carboxylic acids is 2.